The quantitative estimate of drug-likeness (QED) is 0.932. The van der Waals surface area contributed by atoms with E-state index < -0.39 is 0 Å². The van der Waals surface area contributed by atoms with Crippen LogP contribution in [-0.2, 0) is 13.6 Å². The molecule has 0 fully saturated rings. The zero-order chi connectivity index (χ0) is 14.9. The highest BCUT2D eigenvalue weighted by Crippen LogP contribution is 2.21. The Kier molecular flexibility index (Phi) is 3.97. The standard InChI is InChI=1S/C15H21FN4/c1-10-15(11(2)20(5)18-10)9-17-13-6-12(16)7-14(8-13)19(3)4/h6-8,17H,9H2,1-5H3. The van der Waals surface area contributed by atoms with Crippen LogP contribution in [0, 0.1) is 19.7 Å². The maximum Gasteiger partial charge on any atom is 0.127 e. The highest BCUT2D eigenvalue weighted by atomic mass is 19.1. The highest BCUT2D eigenvalue weighted by Gasteiger charge is 2.09. The molecule has 1 heterocycles. The summed E-state index contributed by atoms with van der Waals surface area (Å²) in [6, 6.07) is 4.96. The number of nitrogens with zero attached hydrogens (tertiary/aromatic N) is 3. The number of hydrogen-bond acceptors (Lipinski definition) is 3. The Hall–Kier alpha value is -2.04. The van der Waals surface area contributed by atoms with Gasteiger partial charge in [-0.25, -0.2) is 4.39 Å². The van der Waals surface area contributed by atoms with Crippen molar-refractivity contribution in [2.24, 2.45) is 7.05 Å². The maximum absolute atomic E-state index is 13.6. The van der Waals surface area contributed by atoms with Gasteiger partial charge in [0.15, 0.2) is 0 Å². The second-order valence-corrected chi connectivity index (χ2v) is 5.22. The molecular formula is C15H21FN4. The highest BCUT2D eigenvalue weighted by molar-refractivity contribution is 5.58. The van der Waals surface area contributed by atoms with Crippen molar-refractivity contribution in [3.05, 3.63) is 41.0 Å². The lowest BCUT2D eigenvalue weighted by Crippen LogP contribution is -2.10. The van der Waals surface area contributed by atoms with Crippen LogP contribution in [-0.4, -0.2) is 23.9 Å². The van der Waals surface area contributed by atoms with Gasteiger partial charge >= 0.3 is 0 Å². The van der Waals surface area contributed by atoms with E-state index in [1.54, 1.807) is 0 Å². The Balaban J connectivity index is 2.18. The predicted octanol–water partition coefficient (Wildman–Crippen LogP) is 2.85. The lowest BCUT2D eigenvalue weighted by molar-refractivity contribution is 0.628. The van der Waals surface area contributed by atoms with Crippen LogP contribution in [0.1, 0.15) is 17.0 Å². The first-order valence-corrected chi connectivity index (χ1v) is 6.59. The van der Waals surface area contributed by atoms with Crippen LogP contribution in [0.4, 0.5) is 15.8 Å². The fraction of sp³-hybridized carbons (Fsp3) is 0.400. The lowest BCUT2D eigenvalue weighted by atomic mass is 10.2. The molecule has 4 nitrogen and oxygen atoms in total. The van der Waals surface area contributed by atoms with Crippen molar-refractivity contribution >= 4 is 11.4 Å². The summed E-state index contributed by atoms with van der Waals surface area (Å²) in [5.74, 6) is -0.238. The zero-order valence-corrected chi connectivity index (χ0v) is 12.7. The Morgan fingerprint density at radius 3 is 2.50 bits per heavy atom. The minimum absolute atomic E-state index is 0.238. The van der Waals surface area contributed by atoms with Crippen molar-refractivity contribution in [1.82, 2.24) is 9.78 Å². The van der Waals surface area contributed by atoms with E-state index in [4.69, 9.17) is 0 Å². The van der Waals surface area contributed by atoms with Gasteiger partial charge in [-0.15, -0.1) is 0 Å². The first-order valence-electron chi connectivity index (χ1n) is 6.59. The first-order chi connectivity index (χ1) is 9.38. The van der Waals surface area contributed by atoms with Gasteiger partial charge in [-0.3, -0.25) is 4.68 Å². The van der Waals surface area contributed by atoms with Gasteiger partial charge in [-0.05, 0) is 32.0 Å². The molecule has 2 aromatic rings. The summed E-state index contributed by atoms with van der Waals surface area (Å²) in [7, 11) is 5.72. The number of halogens is 1. The second-order valence-electron chi connectivity index (χ2n) is 5.22. The van der Waals surface area contributed by atoms with E-state index in [1.807, 2.05) is 50.6 Å². The molecule has 1 aromatic carbocycles. The molecule has 2 rings (SSSR count). The molecule has 0 aliphatic heterocycles. The van der Waals surface area contributed by atoms with Gasteiger partial charge in [0.05, 0.1) is 5.69 Å². The number of aromatic nitrogens is 2. The molecule has 1 N–H and O–H groups in total. The van der Waals surface area contributed by atoms with Crippen molar-refractivity contribution in [2.75, 3.05) is 24.3 Å². The molecule has 1 aromatic heterocycles. The Morgan fingerprint density at radius 2 is 1.95 bits per heavy atom. The maximum atomic E-state index is 13.6. The number of anilines is 2. The predicted molar refractivity (Wildman–Crippen MR) is 80.7 cm³/mol. The van der Waals surface area contributed by atoms with Gasteiger partial charge in [0.25, 0.3) is 0 Å². The van der Waals surface area contributed by atoms with Crippen LogP contribution < -0.4 is 10.2 Å². The van der Waals surface area contributed by atoms with Crippen molar-refractivity contribution in [3.63, 3.8) is 0 Å². The Bertz CT molecular complexity index is 617. The molecular weight excluding hydrogens is 255 g/mol. The summed E-state index contributed by atoms with van der Waals surface area (Å²) in [4.78, 5) is 1.88. The number of hydrogen-bond donors (Lipinski definition) is 1. The summed E-state index contributed by atoms with van der Waals surface area (Å²) in [6.45, 7) is 4.66. The normalized spacial score (nSPS) is 10.7. The molecule has 0 aliphatic carbocycles. The van der Waals surface area contributed by atoms with Crippen LogP contribution in [0.3, 0.4) is 0 Å². The molecule has 0 aliphatic rings. The van der Waals surface area contributed by atoms with E-state index in [-0.39, 0.29) is 5.82 Å². The fourth-order valence-electron chi connectivity index (χ4n) is 2.20. The largest absolute Gasteiger partial charge is 0.381 e. The second kappa shape index (κ2) is 5.53. The minimum atomic E-state index is -0.238. The molecule has 0 saturated heterocycles. The average molecular weight is 276 g/mol. The number of benzene rings is 1. The zero-order valence-electron chi connectivity index (χ0n) is 12.7. The first kappa shape index (κ1) is 14.4. The van der Waals surface area contributed by atoms with E-state index in [0.717, 1.165) is 28.3 Å². The molecule has 0 amide bonds. The minimum Gasteiger partial charge on any atom is -0.381 e. The fourth-order valence-corrected chi connectivity index (χ4v) is 2.20. The molecule has 0 bridgehead atoms. The van der Waals surface area contributed by atoms with Crippen LogP contribution in [0.15, 0.2) is 18.2 Å². The van der Waals surface area contributed by atoms with Gasteiger partial charge < -0.3 is 10.2 Å². The third kappa shape index (κ3) is 2.92. The molecule has 0 unspecified atom stereocenters. The van der Waals surface area contributed by atoms with Gasteiger partial charge in [0.2, 0.25) is 0 Å². The van der Waals surface area contributed by atoms with E-state index in [9.17, 15) is 4.39 Å². The van der Waals surface area contributed by atoms with Gasteiger partial charge in [0.1, 0.15) is 5.82 Å². The Morgan fingerprint density at radius 1 is 1.25 bits per heavy atom. The van der Waals surface area contributed by atoms with Crippen LogP contribution >= 0.6 is 0 Å². The smallest absolute Gasteiger partial charge is 0.127 e. The van der Waals surface area contributed by atoms with Crippen LogP contribution in [0.2, 0.25) is 0 Å². The molecule has 0 saturated carbocycles. The van der Waals surface area contributed by atoms with E-state index in [0.29, 0.717) is 6.54 Å². The van der Waals surface area contributed by atoms with E-state index in [1.165, 1.54) is 12.1 Å². The Labute approximate surface area is 119 Å². The third-order valence-electron chi connectivity index (χ3n) is 3.53. The van der Waals surface area contributed by atoms with Gasteiger partial charge in [0, 0.05) is 50.3 Å². The van der Waals surface area contributed by atoms with Crippen molar-refractivity contribution in [1.29, 1.82) is 0 Å². The summed E-state index contributed by atoms with van der Waals surface area (Å²) in [5, 5.41) is 7.65. The number of rotatable bonds is 4. The van der Waals surface area contributed by atoms with Crippen molar-refractivity contribution in [3.8, 4) is 0 Å². The van der Waals surface area contributed by atoms with Crippen molar-refractivity contribution in [2.45, 2.75) is 20.4 Å². The molecule has 108 valence electrons. The molecule has 5 heteroatoms. The summed E-state index contributed by atoms with van der Waals surface area (Å²) in [5.41, 5.74) is 4.90. The molecule has 0 spiro atoms. The summed E-state index contributed by atoms with van der Waals surface area (Å²) >= 11 is 0. The van der Waals surface area contributed by atoms with E-state index >= 15 is 0 Å². The lowest BCUT2D eigenvalue weighted by Gasteiger charge is -2.15. The SMILES string of the molecule is Cc1nn(C)c(C)c1CNc1cc(F)cc(N(C)C)c1. The monoisotopic (exact) mass is 276 g/mol. The van der Waals surface area contributed by atoms with Crippen LogP contribution in [0.25, 0.3) is 0 Å². The molecule has 0 radical (unpaired) electrons. The topological polar surface area (TPSA) is 33.1 Å². The summed E-state index contributed by atoms with van der Waals surface area (Å²) < 4.78 is 15.5. The number of nitrogens with one attached hydrogen (secondary N) is 1. The third-order valence-corrected chi connectivity index (χ3v) is 3.53. The number of aryl methyl sites for hydroxylation is 2. The van der Waals surface area contributed by atoms with Gasteiger partial charge in [-0.1, -0.05) is 0 Å². The molecule has 0 atom stereocenters. The van der Waals surface area contributed by atoms with Gasteiger partial charge in [-0.2, -0.15) is 5.10 Å². The average Bonchev–Trinajstić information content (AvgIpc) is 2.60. The van der Waals surface area contributed by atoms with Crippen LogP contribution in [0.5, 0.6) is 0 Å². The summed E-state index contributed by atoms with van der Waals surface area (Å²) in [6.07, 6.45) is 0. The van der Waals surface area contributed by atoms with Crippen molar-refractivity contribution < 1.29 is 4.39 Å². The van der Waals surface area contributed by atoms with E-state index in [2.05, 4.69) is 10.4 Å². The molecule has 20 heavy (non-hydrogen) atoms.